The fourth-order valence-corrected chi connectivity index (χ4v) is 2.27. The Kier molecular flexibility index (Phi) is 3.36. The molecule has 0 saturated carbocycles. The van der Waals surface area contributed by atoms with Gasteiger partial charge in [0, 0.05) is 23.5 Å². The molecule has 0 saturated heterocycles. The van der Waals surface area contributed by atoms with Crippen LogP contribution in [0.25, 0.3) is 5.65 Å². The van der Waals surface area contributed by atoms with Gasteiger partial charge in [0.05, 0.1) is 17.0 Å². The third-order valence-electron chi connectivity index (χ3n) is 3.38. The highest BCUT2D eigenvalue weighted by molar-refractivity contribution is 6.05. The lowest BCUT2D eigenvalue weighted by molar-refractivity contribution is 0.102. The van der Waals surface area contributed by atoms with Crippen LogP contribution in [-0.2, 0) is 0 Å². The summed E-state index contributed by atoms with van der Waals surface area (Å²) in [6, 6.07) is 9.01. The van der Waals surface area contributed by atoms with Gasteiger partial charge in [-0.05, 0) is 32.0 Å². The molecule has 3 rings (SSSR count). The van der Waals surface area contributed by atoms with E-state index in [0.717, 1.165) is 17.0 Å². The maximum absolute atomic E-state index is 12.4. The van der Waals surface area contributed by atoms with Gasteiger partial charge >= 0.3 is 0 Å². The largest absolute Gasteiger partial charge is 0.322 e. The smallest absolute Gasteiger partial charge is 0.259 e. The van der Waals surface area contributed by atoms with E-state index >= 15 is 0 Å². The summed E-state index contributed by atoms with van der Waals surface area (Å²) in [5.74, 6) is 2.30. The van der Waals surface area contributed by atoms with E-state index in [4.69, 9.17) is 6.42 Å². The van der Waals surface area contributed by atoms with Crippen molar-refractivity contribution in [1.29, 1.82) is 0 Å². The van der Waals surface area contributed by atoms with Crippen molar-refractivity contribution in [1.82, 2.24) is 14.6 Å². The van der Waals surface area contributed by atoms with Crippen LogP contribution in [0, 0.1) is 26.2 Å². The highest BCUT2D eigenvalue weighted by Gasteiger charge is 2.14. The van der Waals surface area contributed by atoms with Crippen molar-refractivity contribution in [3.8, 4) is 12.3 Å². The van der Waals surface area contributed by atoms with Gasteiger partial charge in [0.15, 0.2) is 5.65 Å². The molecule has 0 aliphatic heterocycles. The molecule has 0 radical (unpaired) electrons. The van der Waals surface area contributed by atoms with Crippen LogP contribution in [-0.4, -0.2) is 20.5 Å². The van der Waals surface area contributed by atoms with Crippen LogP contribution in [0.1, 0.15) is 27.3 Å². The molecule has 5 heteroatoms. The quantitative estimate of drug-likeness (QED) is 0.738. The molecule has 0 bridgehead atoms. The molecule has 2 aromatic heterocycles. The zero-order valence-corrected chi connectivity index (χ0v) is 12.3. The molecule has 0 spiro atoms. The topological polar surface area (TPSA) is 59.3 Å². The summed E-state index contributed by atoms with van der Waals surface area (Å²) in [7, 11) is 0. The molecule has 1 N–H and O–H groups in total. The molecule has 22 heavy (non-hydrogen) atoms. The summed E-state index contributed by atoms with van der Waals surface area (Å²) in [4.78, 5) is 16.7. The van der Waals surface area contributed by atoms with Gasteiger partial charge in [-0.3, -0.25) is 4.79 Å². The van der Waals surface area contributed by atoms with E-state index < -0.39 is 0 Å². The number of carbonyl (C=O) groups excluding carboxylic acids is 1. The van der Waals surface area contributed by atoms with Gasteiger partial charge in [-0.15, -0.1) is 6.42 Å². The number of carbonyl (C=O) groups is 1. The first kappa shape index (κ1) is 13.8. The molecular formula is C17H14N4O. The highest BCUT2D eigenvalue weighted by atomic mass is 16.1. The maximum atomic E-state index is 12.4. The molecule has 0 aliphatic rings. The van der Waals surface area contributed by atoms with Gasteiger partial charge in [0.1, 0.15) is 0 Å². The average molecular weight is 290 g/mol. The zero-order valence-electron chi connectivity index (χ0n) is 12.3. The van der Waals surface area contributed by atoms with Gasteiger partial charge in [-0.1, -0.05) is 12.0 Å². The van der Waals surface area contributed by atoms with Gasteiger partial charge in [0.25, 0.3) is 5.91 Å². The Labute approximate surface area is 128 Å². The summed E-state index contributed by atoms with van der Waals surface area (Å²) in [6.45, 7) is 3.73. The lowest BCUT2D eigenvalue weighted by atomic mass is 10.2. The molecule has 2 heterocycles. The Morgan fingerprint density at radius 1 is 1.32 bits per heavy atom. The number of nitrogens with one attached hydrogen (secondary N) is 1. The SMILES string of the molecule is C#Cc1cccc(NC(=O)c2cnc3cc(C)nn3c2C)c1. The second kappa shape index (κ2) is 5.34. The third-order valence-corrected chi connectivity index (χ3v) is 3.38. The summed E-state index contributed by atoms with van der Waals surface area (Å²) < 4.78 is 1.67. The lowest BCUT2D eigenvalue weighted by Crippen LogP contribution is -2.16. The first-order chi connectivity index (χ1) is 10.6. The summed E-state index contributed by atoms with van der Waals surface area (Å²) in [5.41, 5.74) is 4.16. The van der Waals surface area contributed by atoms with E-state index in [0.29, 0.717) is 16.8 Å². The van der Waals surface area contributed by atoms with Gasteiger partial charge in [-0.2, -0.15) is 5.10 Å². The number of terminal acetylenes is 1. The maximum Gasteiger partial charge on any atom is 0.259 e. The molecule has 108 valence electrons. The first-order valence-corrected chi connectivity index (χ1v) is 6.78. The van der Waals surface area contributed by atoms with Crippen molar-refractivity contribution < 1.29 is 4.79 Å². The molecule has 0 unspecified atom stereocenters. The standard InChI is InChI=1S/C17H14N4O/c1-4-13-6-5-7-14(9-13)19-17(22)15-10-18-16-8-11(2)20-21(16)12(15)3/h1,5-10H,2-3H3,(H,19,22). The van der Waals surface area contributed by atoms with Crippen LogP contribution in [0.3, 0.4) is 0 Å². The van der Waals surface area contributed by atoms with Gasteiger partial charge in [0.2, 0.25) is 0 Å². The van der Waals surface area contributed by atoms with Crippen LogP contribution in [0.5, 0.6) is 0 Å². The minimum Gasteiger partial charge on any atom is -0.322 e. The zero-order chi connectivity index (χ0) is 15.7. The fraction of sp³-hybridized carbons (Fsp3) is 0.118. The lowest BCUT2D eigenvalue weighted by Gasteiger charge is -2.08. The second-order valence-corrected chi connectivity index (χ2v) is 4.99. The van der Waals surface area contributed by atoms with E-state index in [1.807, 2.05) is 19.9 Å². The van der Waals surface area contributed by atoms with E-state index in [1.165, 1.54) is 0 Å². The van der Waals surface area contributed by atoms with Crippen molar-refractivity contribution in [2.75, 3.05) is 5.32 Å². The van der Waals surface area contributed by atoms with Crippen LogP contribution >= 0.6 is 0 Å². The van der Waals surface area contributed by atoms with Crippen LogP contribution < -0.4 is 5.32 Å². The molecule has 1 amide bonds. The number of fused-ring (bicyclic) bond motifs is 1. The molecular weight excluding hydrogens is 276 g/mol. The van der Waals surface area contributed by atoms with Crippen LogP contribution in [0.4, 0.5) is 5.69 Å². The third kappa shape index (κ3) is 2.42. The summed E-state index contributed by atoms with van der Waals surface area (Å²) in [6.07, 6.45) is 6.93. The van der Waals surface area contributed by atoms with Gasteiger partial charge in [-0.25, -0.2) is 9.50 Å². The Bertz CT molecular complexity index is 918. The van der Waals surface area contributed by atoms with E-state index in [2.05, 4.69) is 21.3 Å². The van der Waals surface area contributed by atoms with Crippen LogP contribution in [0.2, 0.25) is 0 Å². The number of aromatic nitrogens is 3. The number of rotatable bonds is 2. The van der Waals surface area contributed by atoms with Crippen molar-refractivity contribution in [3.63, 3.8) is 0 Å². The summed E-state index contributed by atoms with van der Waals surface area (Å²) in [5, 5.41) is 7.17. The second-order valence-electron chi connectivity index (χ2n) is 4.99. The Morgan fingerprint density at radius 2 is 2.14 bits per heavy atom. The molecule has 3 aromatic rings. The molecule has 1 aromatic carbocycles. The molecule has 0 aliphatic carbocycles. The molecule has 0 atom stereocenters. The van der Waals surface area contributed by atoms with Crippen molar-refractivity contribution in [2.45, 2.75) is 13.8 Å². The van der Waals surface area contributed by atoms with Crippen molar-refractivity contribution in [3.05, 3.63) is 59.0 Å². The predicted molar refractivity (Wildman–Crippen MR) is 84.8 cm³/mol. The van der Waals surface area contributed by atoms with Crippen molar-refractivity contribution >= 4 is 17.2 Å². The monoisotopic (exact) mass is 290 g/mol. The number of hydrogen-bond donors (Lipinski definition) is 1. The Hall–Kier alpha value is -3.13. The van der Waals surface area contributed by atoms with Gasteiger partial charge < -0.3 is 5.32 Å². The first-order valence-electron chi connectivity index (χ1n) is 6.78. The van der Waals surface area contributed by atoms with E-state index in [1.54, 1.807) is 35.0 Å². The van der Waals surface area contributed by atoms with E-state index in [9.17, 15) is 4.79 Å². The number of nitrogens with zero attached hydrogens (tertiary/aromatic N) is 3. The summed E-state index contributed by atoms with van der Waals surface area (Å²) >= 11 is 0. The minimum absolute atomic E-state index is 0.241. The predicted octanol–water partition coefficient (Wildman–Crippen LogP) is 2.58. The Balaban J connectivity index is 1.95. The Morgan fingerprint density at radius 3 is 2.91 bits per heavy atom. The fourth-order valence-electron chi connectivity index (χ4n) is 2.27. The number of benzene rings is 1. The normalized spacial score (nSPS) is 10.4. The van der Waals surface area contributed by atoms with Crippen molar-refractivity contribution in [2.24, 2.45) is 0 Å². The van der Waals surface area contributed by atoms with E-state index in [-0.39, 0.29) is 5.91 Å². The number of hydrogen-bond acceptors (Lipinski definition) is 3. The average Bonchev–Trinajstić information content (AvgIpc) is 2.89. The number of amides is 1. The van der Waals surface area contributed by atoms with Crippen LogP contribution in [0.15, 0.2) is 36.5 Å². The minimum atomic E-state index is -0.241. The number of aryl methyl sites for hydroxylation is 2. The number of anilines is 1. The highest BCUT2D eigenvalue weighted by Crippen LogP contribution is 2.15. The molecule has 0 fully saturated rings. The molecule has 5 nitrogen and oxygen atoms in total.